The second-order valence-corrected chi connectivity index (χ2v) is 4.31. The first-order valence-electron chi connectivity index (χ1n) is 5.46. The van der Waals surface area contributed by atoms with Gasteiger partial charge in [-0.2, -0.15) is 5.10 Å². The molecular weight excluding hydrogens is 206 g/mol. The van der Waals surface area contributed by atoms with Gasteiger partial charge in [-0.15, -0.1) is 5.10 Å². The molecule has 1 saturated carbocycles. The van der Waals surface area contributed by atoms with Crippen LogP contribution in [0.2, 0.25) is 0 Å². The molecule has 1 aromatic rings. The second-order valence-electron chi connectivity index (χ2n) is 4.31. The van der Waals surface area contributed by atoms with Crippen LogP contribution in [0, 0.1) is 5.41 Å². The van der Waals surface area contributed by atoms with Crippen LogP contribution in [0.5, 0.6) is 0 Å². The monoisotopic (exact) mass is 221 g/mol. The van der Waals surface area contributed by atoms with Crippen LogP contribution < -0.4 is 5.32 Å². The molecule has 1 aliphatic carbocycles. The Morgan fingerprint density at radius 2 is 2.38 bits per heavy atom. The van der Waals surface area contributed by atoms with Crippen LogP contribution in [0.15, 0.2) is 12.3 Å². The zero-order valence-corrected chi connectivity index (χ0v) is 9.23. The lowest BCUT2D eigenvalue weighted by Crippen LogP contribution is -2.17. The summed E-state index contributed by atoms with van der Waals surface area (Å²) in [5, 5.41) is 19.6. The zero-order valence-electron chi connectivity index (χ0n) is 9.23. The third kappa shape index (κ3) is 2.13. The van der Waals surface area contributed by atoms with E-state index in [9.17, 15) is 4.79 Å². The highest BCUT2D eigenvalue weighted by molar-refractivity contribution is 5.92. The van der Waals surface area contributed by atoms with Gasteiger partial charge >= 0.3 is 5.97 Å². The van der Waals surface area contributed by atoms with Gasteiger partial charge in [0.15, 0.2) is 5.82 Å². The van der Waals surface area contributed by atoms with Crippen molar-refractivity contribution in [2.45, 2.75) is 26.2 Å². The van der Waals surface area contributed by atoms with Gasteiger partial charge in [0, 0.05) is 6.54 Å². The van der Waals surface area contributed by atoms with Gasteiger partial charge in [0.1, 0.15) is 5.56 Å². The van der Waals surface area contributed by atoms with Crippen LogP contribution in [0.25, 0.3) is 0 Å². The molecule has 16 heavy (non-hydrogen) atoms. The molecule has 1 aliphatic rings. The van der Waals surface area contributed by atoms with E-state index in [1.165, 1.54) is 25.1 Å². The summed E-state index contributed by atoms with van der Waals surface area (Å²) in [6.45, 7) is 2.94. The maximum absolute atomic E-state index is 10.9. The predicted molar refractivity (Wildman–Crippen MR) is 59.4 cm³/mol. The normalized spacial score (nSPS) is 16.8. The molecule has 2 N–H and O–H groups in total. The number of nitrogens with one attached hydrogen (secondary N) is 1. The van der Waals surface area contributed by atoms with Crippen molar-refractivity contribution in [2.24, 2.45) is 5.41 Å². The van der Waals surface area contributed by atoms with Crippen molar-refractivity contribution in [1.82, 2.24) is 10.2 Å². The van der Waals surface area contributed by atoms with Gasteiger partial charge in [-0.1, -0.05) is 6.92 Å². The Labute approximate surface area is 93.9 Å². The van der Waals surface area contributed by atoms with Crippen LogP contribution >= 0.6 is 0 Å². The van der Waals surface area contributed by atoms with E-state index in [2.05, 4.69) is 22.4 Å². The summed E-state index contributed by atoms with van der Waals surface area (Å²) in [5.74, 6) is -0.603. The molecule has 5 heteroatoms. The van der Waals surface area contributed by atoms with Gasteiger partial charge in [0.05, 0.1) is 6.20 Å². The number of hydrogen-bond acceptors (Lipinski definition) is 4. The van der Waals surface area contributed by atoms with Crippen LogP contribution in [-0.2, 0) is 0 Å². The molecule has 0 bridgehead atoms. The fourth-order valence-electron chi connectivity index (χ4n) is 1.74. The molecule has 86 valence electrons. The second kappa shape index (κ2) is 4.08. The Kier molecular flexibility index (Phi) is 2.77. The molecule has 1 heterocycles. The molecule has 0 amide bonds. The smallest absolute Gasteiger partial charge is 0.339 e. The predicted octanol–water partition coefficient (Wildman–Crippen LogP) is 1.78. The Bertz CT molecular complexity index is 402. The molecule has 1 aromatic heterocycles. The van der Waals surface area contributed by atoms with Crippen molar-refractivity contribution in [3.63, 3.8) is 0 Å². The summed E-state index contributed by atoms with van der Waals surface area (Å²) in [6.07, 6.45) is 4.92. The zero-order chi connectivity index (χ0) is 11.6. The van der Waals surface area contributed by atoms with Crippen molar-refractivity contribution in [2.75, 3.05) is 11.9 Å². The number of rotatable bonds is 5. The third-order valence-corrected chi connectivity index (χ3v) is 3.29. The summed E-state index contributed by atoms with van der Waals surface area (Å²) in [6, 6.07) is 1.46. The largest absolute Gasteiger partial charge is 0.478 e. The molecular formula is C11H15N3O2. The summed E-state index contributed by atoms with van der Waals surface area (Å²) >= 11 is 0. The molecule has 1 fully saturated rings. The SMILES string of the molecule is CCC1(CNc2nnccc2C(=O)O)CC1. The average Bonchev–Trinajstić information content (AvgIpc) is 3.07. The highest BCUT2D eigenvalue weighted by atomic mass is 16.4. The number of hydrogen-bond donors (Lipinski definition) is 2. The van der Waals surface area contributed by atoms with Crippen LogP contribution in [-0.4, -0.2) is 27.8 Å². The van der Waals surface area contributed by atoms with Crippen molar-refractivity contribution in [3.8, 4) is 0 Å². The lowest BCUT2D eigenvalue weighted by atomic mass is 10.0. The minimum Gasteiger partial charge on any atom is -0.478 e. The topological polar surface area (TPSA) is 75.1 Å². The van der Waals surface area contributed by atoms with E-state index < -0.39 is 5.97 Å². The molecule has 0 unspecified atom stereocenters. The van der Waals surface area contributed by atoms with Crippen LogP contribution in [0.3, 0.4) is 0 Å². The number of aromatic carboxylic acids is 1. The van der Waals surface area contributed by atoms with Gasteiger partial charge in [-0.05, 0) is 30.7 Å². The first-order valence-corrected chi connectivity index (χ1v) is 5.46. The van der Waals surface area contributed by atoms with E-state index >= 15 is 0 Å². The maximum atomic E-state index is 10.9. The van der Waals surface area contributed by atoms with E-state index in [0.717, 1.165) is 13.0 Å². The summed E-state index contributed by atoms with van der Waals surface area (Å²) in [4.78, 5) is 10.9. The lowest BCUT2D eigenvalue weighted by Gasteiger charge is -2.14. The van der Waals surface area contributed by atoms with Gasteiger partial charge in [0.2, 0.25) is 0 Å². The molecule has 0 aliphatic heterocycles. The van der Waals surface area contributed by atoms with E-state index in [1.807, 2.05) is 0 Å². The highest BCUT2D eigenvalue weighted by Crippen LogP contribution is 2.48. The number of carboxylic acid groups (broad SMARTS) is 1. The molecule has 0 atom stereocenters. The van der Waals surface area contributed by atoms with Gasteiger partial charge in [-0.25, -0.2) is 4.79 Å². The molecule has 0 radical (unpaired) electrons. The maximum Gasteiger partial charge on any atom is 0.339 e. The summed E-state index contributed by atoms with van der Waals surface area (Å²) in [7, 11) is 0. The number of carbonyl (C=O) groups is 1. The Balaban J connectivity index is 2.06. The molecule has 0 aromatic carbocycles. The van der Waals surface area contributed by atoms with E-state index in [-0.39, 0.29) is 5.56 Å². The van der Waals surface area contributed by atoms with Gasteiger partial charge < -0.3 is 10.4 Å². The first kappa shape index (κ1) is 10.9. The van der Waals surface area contributed by atoms with Crippen molar-refractivity contribution in [1.29, 1.82) is 0 Å². The summed E-state index contributed by atoms with van der Waals surface area (Å²) in [5.41, 5.74) is 0.537. The van der Waals surface area contributed by atoms with Gasteiger partial charge in [-0.3, -0.25) is 0 Å². The molecule has 0 spiro atoms. The Hall–Kier alpha value is -1.65. The standard InChI is InChI=1S/C11H15N3O2/c1-2-11(4-5-11)7-12-9-8(10(15)16)3-6-13-14-9/h3,6H,2,4-5,7H2,1H3,(H,12,14)(H,15,16). The average molecular weight is 221 g/mol. The fourth-order valence-corrected chi connectivity index (χ4v) is 1.74. The number of nitrogens with zero attached hydrogens (tertiary/aromatic N) is 2. The minimum atomic E-state index is -0.973. The Morgan fingerprint density at radius 3 is 2.94 bits per heavy atom. The van der Waals surface area contributed by atoms with E-state index in [0.29, 0.717) is 11.2 Å². The van der Waals surface area contributed by atoms with E-state index in [1.54, 1.807) is 0 Å². The van der Waals surface area contributed by atoms with Crippen molar-refractivity contribution >= 4 is 11.8 Å². The number of carboxylic acids is 1. The third-order valence-electron chi connectivity index (χ3n) is 3.29. The number of anilines is 1. The quantitative estimate of drug-likeness (QED) is 0.792. The van der Waals surface area contributed by atoms with Gasteiger partial charge in [0.25, 0.3) is 0 Å². The van der Waals surface area contributed by atoms with Crippen LogP contribution in [0.1, 0.15) is 36.5 Å². The van der Waals surface area contributed by atoms with Crippen LogP contribution in [0.4, 0.5) is 5.82 Å². The highest BCUT2D eigenvalue weighted by Gasteiger charge is 2.40. The first-order chi connectivity index (χ1) is 7.67. The van der Waals surface area contributed by atoms with Crippen molar-refractivity contribution < 1.29 is 9.90 Å². The lowest BCUT2D eigenvalue weighted by molar-refractivity contribution is 0.0697. The number of aromatic nitrogens is 2. The molecule has 0 saturated heterocycles. The summed E-state index contributed by atoms with van der Waals surface area (Å²) < 4.78 is 0. The fraction of sp³-hybridized carbons (Fsp3) is 0.545. The molecule has 5 nitrogen and oxygen atoms in total. The Morgan fingerprint density at radius 1 is 1.62 bits per heavy atom. The molecule has 2 rings (SSSR count). The van der Waals surface area contributed by atoms with Crippen molar-refractivity contribution in [3.05, 3.63) is 17.8 Å². The minimum absolute atomic E-state index is 0.182. The van der Waals surface area contributed by atoms with E-state index in [4.69, 9.17) is 5.11 Å².